The van der Waals surface area contributed by atoms with E-state index in [1.165, 1.54) is 18.3 Å². The first-order chi connectivity index (χ1) is 9.77. The largest absolute Gasteiger partial charge is 0.322 e. The third kappa shape index (κ3) is 3.75. The summed E-state index contributed by atoms with van der Waals surface area (Å²) in [6, 6.07) is 5.76. The molecule has 2 heterocycles. The Morgan fingerprint density at radius 1 is 1.33 bits per heavy atom. The van der Waals surface area contributed by atoms with Crippen molar-refractivity contribution >= 4 is 33.2 Å². The van der Waals surface area contributed by atoms with Gasteiger partial charge in [-0.2, -0.15) is 0 Å². The van der Waals surface area contributed by atoms with Gasteiger partial charge in [0.15, 0.2) is 5.03 Å². The van der Waals surface area contributed by atoms with Crippen molar-refractivity contribution in [2.45, 2.75) is 11.9 Å². The zero-order chi connectivity index (χ0) is 15.6. The van der Waals surface area contributed by atoms with Crippen molar-refractivity contribution in [2.75, 3.05) is 5.32 Å². The molecule has 2 rings (SSSR count). The lowest BCUT2D eigenvalue weighted by molar-refractivity contribution is 0.102. The van der Waals surface area contributed by atoms with Crippen molar-refractivity contribution in [3.05, 3.63) is 46.9 Å². The molecule has 0 aromatic carbocycles. The van der Waals surface area contributed by atoms with Crippen LogP contribution in [0.15, 0.2) is 35.5 Å². The number of nitrogens with zero attached hydrogens (tertiary/aromatic N) is 2. The van der Waals surface area contributed by atoms with Crippen LogP contribution in [0.3, 0.4) is 0 Å². The molecule has 0 bridgehead atoms. The second kappa shape index (κ2) is 5.76. The zero-order valence-corrected chi connectivity index (χ0v) is 12.4. The van der Waals surface area contributed by atoms with Crippen molar-refractivity contribution in [3.63, 3.8) is 0 Å². The quantitative estimate of drug-likeness (QED) is 0.826. The maximum absolute atomic E-state index is 12.1. The molecule has 0 radical (unpaired) electrons. The van der Waals surface area contributed by atoms with Crippen molar-refractivity contribution in [1.29, 1.82) is 0 Å². The summed E-state index contributed by atoms with van der Waals surface area (Å²) in [5.74, 6) is -0.515. The molecule has 0 unspecified atom stereocenters. The van der Waals surface area contributed by atoms with Gasteiger partial charge in [-0.25, -0.2) is 23.5 Å². The van der Waals surface area contributed by atoms with Gasteiger partial charge in [-0.1, -0.05) is 11.6 Å². The Kier molecular flexibility index (Phi) is 4.21. The van der Waals surface area contributed by atoms with Gasteiger partial charge in [0.1, 0.15) is 5.15 Å². The van der Waals surface area contributed by atoms with Crippen molar-refractivity contribution in [2.24, 2.45) is 5.14 Å². The number of carbonyl (C=O) groups is 1. The van der Waals surface area contributed by atoms with Crippen LogP contribution in [0, 0.1) is 6.92 Å². The predicted octanol–water partition coefficient (Wildman–Crippen LogP) is 1.34. The summed E-state index contributed by atoms with van der Waals surface area (Å²) < 4.78 is 22.4. The number of aromatic nitrogens is 2. The van der Waals surface area contributed by atoms with Crippen LogP contribution in [-0.4, -0.2) is 24.3 Å². The van der Waals surface area contributed by atoms with E-state index in [4.69, 9.17) is 16.7 Å². The normalized spacial score (nSPS) is 11.2. The lowest BCUT2D eigenvalue weighted by Crippen LogP contribution is -2.16. The topological polar surface area (TPSA) is 115 Å². The maximum Gasteiger partial charge on any atom is 0.258 e. The van der Waals surface area contributed by atoms with Gasteiger partial charge >= 0.3 is 0 Å². The van der Waals surface area contributed by atoms with Crippen molar-refractivity contribution in [1.82, 2.24) is 9.97 Å². The van der Waals surface area contributed by atoms with E-state index >= 15 is 0 Å². The summed E-state index contributed by atoms with van der Waals surface area (Å²) in [5, 5.41) is 7.21. The van der Waals surface area contributed by atoms with Gasteiger partial charge in [-0.15, -0.1) is 0 Å². The molecule has 3 N–H and O–H groups in total. The van der Waals surface area contributed by atoms with Crippen LogP contribution in [-0.2, 0) is 10.0 Å². The Morgan fingerprint density at radius 2 is 2.05 bits per heavy atom. The standard InChI is InChI=1S/C12H11ClN4O3S/c1-7-2-3-9(11(13)16-7)12(18)17-8-4-5-15-10(6-8)21(14,19)20/h2-6H,1H3,(H2,14,19,20)(H,15,17,18). The minimum Gasteiger partial charge on any atom is -0.322 e. The van der Waals surface area contributed by atoms with Crippen LogP contribution >= 0.6 is 11.6 Å². The Morgan fingerprint density at radius 3 is 2.67 bits per heavy atom. The molecule has 21 heavy (non-hydrogen) atoms. The van der Waals surface area contributed by atoms with Gasteiger partial charge in [0.05, 0.1) is 5.56 Å². The van der Waals surface area contributed by atoms with Crippen LogP contribution in [0.5, 0.6) is 0 Å². The van der Waals surface area contributed by atoms with E-state index in [1.54, 1.807) is 13.0 Å². The molecule has 7 nitrogen and oxygen atoms in total. The first-order valence-corrected chi connectivity index (χ1v) is 7.63. The number of nitrogens with one attached hydrogen (secondary N) is 1. The second-order valence-corrected chi connectivity index (χ2v) is 6.04. The highest BCUT2D eigenvalue weighted by Crippen LogP contribution is 2.17. The number of nitrogens with two attached hydrogens (primary N) is 1. The molecule has 0 spiro atoms. The van der Waals surface area contributed by atoms with Gasteiger partial charge < -0.3 is 5.32 Å². The summed E-state index contributed by atoms with van der Waals surface area (Å²) in [5.41, 5.74) is 1.09. The molecule has 2 aromatic rings. The minimum atomic E-state index is -3.94. The number of amides is 1. The van der Waals surface area contributed by atoms with Crippen LogP contribution in [0.4, 0.5) is 5.69 Å². The third-order valence-corrected chi connectivity index (χ3v) is 3.61. The van der Waals surface area contributed by atoms with Crippen LogP contribution in [0.2, 0.25) is 5.15 Å². The number of pyridine rings is 2. The molecule has 0 saturated carbocycles. The van der Waals surface area contributed by atoms with E-state index in [9.17, 15) is 13.2 Å². The van der Waals surface area contributed by atoms with Crippen molar-refractivity contribution < 1.29 is 13.2 Å². The van der Waals surface area contributed by atoms with Crippen LogP contribution in [0.1, 0.15) is 16.1 Å². The van der Waals surface area contributed by atoms with E-state index in [0.29, 0.717) is 5.69 Å². The first-order valence-electron chi connectivity index (χ1n) is 5.71. The number of aryl methyl sites for hydroxylation is 1. The van der Waals surface area contributed by atoms with E-state index in [2.05, 4.69) is 15.3 Å². The summed E-state index contributed by atoms with van der Waals surface area (Å²) in [7, 11) is -3.94. The Balaban J connectivity index is 2.28. The number of sulfonamides is 1. The predicted molar refractivity (Wildman–Crippen MR) is 77.5 cm³/mol. The Bertz CT molecular complexity index is 808. The molecule has 9 heteroatoms. The number of anilines is 1. The summed E-state index contributed by atoms with van der Waals surface area (Å²) in [6.45, 7) is 1.74. The fourth-order valence-electron chi connectivity index (χ4n) is 1.54. The van der Waals surface area contributed by atoms with E-state index < -0.39 is 15.9 Å². The monoisotopic (exact) mass is 326 g/mol. The Hall–Kier alpha value is -2.03. The number of halogens is 1. The third-order valence-electron chi connectivity index (χ3n) is 2.52. The average Bonchev–Trinajstić information content (AvgIpc) is 2.37. The first kappa shape index (κ1) is 15.4. The van der Waals surface area contributed by atoms with Crippen LogP contribution in [0.25, 0.3) is 0 Å². The number of hydrogen-bond acceptors (Lipinski definition) is 5. The van der Waals surface area contributed by atoms with Gasteiger partial charge in [0.25, 0.3) is 15.9 Å². The van der Waals surface area contributed by atoms with Crippen molar-refractivity contribution in [3.8, 4) is 0 Å². The van der Waals surface area contributed by atoms with Crippen LogP contribution < -0.4 is 10.5 Å². The molecular weight excluding hydrogens is 316 g/mol. The van der Waals surface area contributed by atoms with Gasteiger partial charge in [-0.3, -0.25) is 4.79 Å². The smallest absolute Gasteiger partial charge is 0.258 e. The Labute approximate surface area is 126 Å². The summed E-state index contributed by atoms with van der Waals surface area (Å²) in [6.07, 6.45) is 1.23. The molecule has 0 aliphatic heterocycles. The SMILES string of the molecule is Cc1ccc(C(=O)Nc2ccnc(S(N)(=O)=O)c2)c(Cl)n1. The van der Waals surface area contributed by atoms with Gasteiger partial charge in [-0.05, 0) is 25.1 Å². The van der Waals surface area contributed by atoms with Gasteiger partial charge in [0, 0.05) is 23.6 Å². The molecule has 0 aliphatic rings. The number of hydrogen-bond donors (Lipinski definition) is 2. The van der Waals surface area contributed by atoms with E-state index in [0.717, 1.165) is 6.07 Å². The molecule has 0 atom stereocenters. The minimum absolute atomic E-state index is 0.0632. The molecule has 110 valence electrons. The zero-order valence-electron chi connectivity index (χ0n) is 10.9. The van der Waals surface area contributed by atoms with Gasteiger partial charge in [0.2, 0.25) is 0 Å². The molecule has 0 saturated heterocycles. The number of rotatable bonds is 3. The molecular formula is C12H11ClN4O3S. The van der Waals surface area contributed by atoms with E-state index in [-0.39, 0.29) is 21.4 Å². The van der Waals surface area contributed by atoms with E-state index in [1.807, 2.05) is 0 Å². The lowest BCUT2D eigenvalue weighted by Gasteiger charge is -2.07. The number of primary sulfonamides is 1. The number of carbonyl (C=O) groups excluding carboxylic acids is 1. The maximum atomic E-state index is 12.1. The molecule has 0 aliphatic carbocycles. The highest BCUT2D eigenvalue weighted by atomic mass is 35.5. The lowest BCUT2D eigenvalue weighted by atomic mass is 10.2. The molecule has 0 fully saturated rings. The average molecular weight is 327 g/mol. The summed E-state index contributed by atoms with van der Waals surface area (Å²) >= 11 is 5.89. The highest BCUT2D eigenvalue weighted by Gasteiger charge is 2.14. The summed E-state index contributed by atoms with van der Waals surface area (Å²) in [4.78, 5) is 19.7. The fourth-order valence-corrected chi connectivity index (χ4v) is 2.32. The molecule has 1 amide bonds. The molecule has 2 aromatic heterocycles. The highest BCUT2D eigenvalue weighted by molar-refractivity contribution is 7.89. The second-order valence-electron chi connectivity index (χ2n) is 4.17. The fraction of sp³-hybridized carbons (Fsp3) is 0.0833.